The zero-order valence-electron chi connectivity index (χ0n) is 10.0. The number of aliphatic hydroxyl groups is 2. The summed E-state index contributed by atoms with van der Waals surface area (Å²) in [6, 6.07) is 3.56. The minimum absolute atomic E-state index is 0.185. The van der Waals surface area contributed by atoms with Gasteiger partial charge in [0.1, 0.15) is 11.6 Å². The van der Waals surface area contributed by atoms with Crippen molar-refractivity contribution in [3.8, 4) is 0 Å². The molecule has 1 atom stereocenters. The largest absolute Gasteiger partial charge is 0.393 e. The van der Waals surface area contributed by atoms with Crippen LogP contribution in [-0.2, 0) is 0 Å². The molecule has 0 spiro atoms. The van der Waals surface area contributed by atoms with Gasteiger partial charge in [0.2, 0.25) is 0 Å². The standard InChI is InChI=1S/C13H17F2NO2/c14-10-2-1-3-11(15)13(10)12(18)8-16-6-4-9(17)5-7-16/h1-3,9,12,17-18H,4-8H2. The van der Waals surface area contributed by atoms with E-state index in [-0.39, 0.29) is 18.2 Å². The van der Waals surface area contributed by atoms with Crippen molar-refractivity contribution in [2.24, 2.45) is 0 Å². The second-order valence-corrected chi connectivity index (χ2v) is 4.68. The lowest BCUT2D eigenvalue weighted by Gasteiger charge is -2.31. The van der Waals surface area contributed by atoms with Gasteiger partial charge < -0.3 is 15.1 Å². The summed E-state index contributed by atoms with van der Waals surface area (Å²) in [5.41, 5.74) is -0.274. The zero-order chi connectivity index (χ0) is 13.1. The molecular weight excluding hydrogens is 240 g/mol. The first kappa shape index (κ1) is 13.4. The summed E-state index contributed by atoms with van der Waals surface area (Å²) in [6.07, 6.45) is -0.219. The highest BCUT2D eigenvalue weighted by Crippen LogP contribution is 2.22. The van der Waals surface area contributed by atoms with Crippen molar-refractivity contribution in [2.75, 3.05) is 19.6 Å². The molecule has 1 fully saturated rings. The Labute approximate surface area is 105 Å². The van der Waals surface area contributed by atoms with Crippen LogP contribution < -0.4 is 0 Å². The predicted octanol–water partition coefficient (Wildman–Crippen LogP) is 1.45. The maximum Gasteiger partial charge on any atom is 0.131 e. The van der Waals surface area contributed by atoms with E-state index < -0.39 is 17.7 Å². The molecule has 0 radical (unpaired) electrons. The Morgan fingerprint density at radius 3 is 2.33 bits per heavy atom. The molecule has 2 rings (SSSR count). The summed E-state index contributed by atoms with van der Waals surface area (Å²) >= 11 is 0. The number of benzene rings is 1. The van der Waals surface area contributed by atoms with E-state index in [1.807, 2.05) is 4.90 Å². The van der Waals surface area contributed by atoms with E-state index in [1.165, 1.54) is 6.07 Å². The van der Waals surface area contributed by atoms with Gasteiger partial charge in [0.25, 0.3) is 0 Å². The third-order valence-corrected chi connectivity index (χ3v) is 3.32. The summed E-state index contributed by atoms with van der Waals surface area (Å²) in [6.45, 7) is 1.45. The van der Waals surface area contributed by atoms with Crippen LogP contribution in [0.4, 0.5) is 8.78 Å². The second kappa shape index (κ2) is 5.73. The number of hydrogen-bond acceptors (Lipinski definition) is 3. The molecule has 0 amide bonds. The van der Waals surface area contributed by atoms with E-state index in [4.69, 9.17) is 0 Å². The Morgan fingerprint density at radius 1 is 1.22 bits per heavy atom. The van der Waals surface area contributed by atoms with Crippen molar-refractivity contribution in [2.45, 2.75) is 25.0 Å². The lowest BCUT2D eigenvalue weighted by atomic mass is 10.0. The Morgan fingerprint density at radius 2 is 1.78 bits per heavy atom. The summed E-state index contributed by atoms with van der Waals surface area (Å²) in [4.78, 5) is 1.91. The van der Waals surface area contributed by atoms with Crippen LogP contribution in [0.3, 0.4) is 0 Å². The van der Waals surface area contributed by atoms with E-state index in [1.54, 1.807) is 0 Å². The van der Waals surface area contributed by atoms with Gasteiger partial charge >= 0.3 is 0 Å². The number of β-amino-alcohol motifs (C(OH)–C–C–N with tert-alkyl or cyclic N) is 1. The molecule has 18 heavy (non-hydrogen) atoms. The fourth-order valence-electron chi connectivity index (χ4n) is 2.27. The van der Waals surface area contributed by atoms with Crippen LogP contribution in [-0.4, -0.2) is 40.9 Å². The first-order valence-electron chi connectivity index (χ1n) is 6.10. The topological polar surface area (TPSA) is 43.7 Å². The predicted molar refractivity (Wildman–Crippen MR) is 63.0 cm³/mol. The number of nitrogens with zero attached hydrogens (tertiary/aromatic N) is 1. The van der Waals surface area contributed by atoms with E-state index in [0.717, 1.165) is 12.1 Å². The van der Waals surface area contributed by atoms with Gasteiger partial charge in [-0.25, -0.2) is 8.78 Å². The van der Waals surface area contributed by atoms with Gasteiger partial charge in [0.15, 0.2) is 0 Å². The first-order chi connectivity index (χ1) is 8.58. The highest BCUT2D eigenvalue weighted by atomic mass is 19.1. The van der Waals surface area contributed by atoms with Crippen LogP contribution >= 0.6 is 0 Å². The van der Waals surface area contributed by atoms with Gasteiger partial charge in [-0.1, -0.05) is 6.07 Å². The van der Waals surface area contributed by atoms with Crippen molar-refractivity contribution in [1.82, 2.24) is 4.90 Å². The van der Waals surface area contributed by atoms with Gasteiger partial charge in [-0.3, -0.25) is 0 Å². The van der Waals surface area contributed by atoms with Crippen LogP contribution in [0.15, 0.2) is 18.2 Å². The van der Waals surface area contributed by atoms with Crippen LogP contribution in [0.5, 0.6) is 0 Å². The third-order valence-electron chi connectivity index (χ3n) is 3.32. The molecule has 1 heterocycles. The Balaban J connectivity index is 2.01. The van der Waals surface area contributed by atoms with E-state index in [2.05, 4.69) is 0 Å². The molecule has 1 aromatic carbocycles. The Kier molecular flexibility index (Phi) is 4.27. The Hall–Kier alpha value is -1.04. The normalized spacial score (nSPS) is 20.0. The average Bonchev–Trinajstić information content (AvgIpc) is 2.32. The maximum atomic E-state index is 13.5. The number of halogens is 2. The molecule has 1 aliphatic heterocycles. The molecule has 1 aliphatic rings. The highest BCUT2D eigenvalue weighted by Gasteiger charge is 2.23. The quantitative estimate of drug-likeness (QED) is 0.861. The molecule has 1 aromatic rings. The highest BCUT2D eigenvalue weighted by molar-refractivity contribution is 5.22. The van der Waals surface area contributed by atoms with Gasteiger partial charge in [0.05, 0.1) is 17.8 Å². The number of hydrogen-bond donors (Lipinski definition) is 2. The van der Waals surface area contributed by atoms with Gasteiger partial charge in [-0.2, -0.15) is 0 Å². The summed E-state index contributed by atoms with van der Waals surface area (Å²) in [7, 11) is 0. The minimum atomic E-state index is -1.18. The van der Waals surface area contributed by atoms with Gasteiger partial charge in [-0.05, 0) is 25.0 Å². The van der Waals surface area contributed by atoms with Crippen molar-refractivity contribution in [3.63, 3.8) is 0 Å². The number of rotatable bonds is 3. The summed E-state index contributed by atoms with van der Waals surface area (Å²) in [5.74, 6) is -1.45. The molecule has 0 aliphatic carbocycles. The average molecular weight is 257 g/mol. The molecule has 0 bridgehead atoms. The number of aliphatic hydroxyl groups excluding tert-OH is 2. The molecule has 5 heteroatoms. The molecule has 3 nitrogen and oxygen atoms in total. The minimum Gasteiger partial charge on any atom is -0.393 e. The fourth-order valence-corrected chi connectivity index (χ4v) is 2.27. The summed E-state index contributed by atoms with van der Waals surface area (Å²) in [5, 5.41) is 19.3. The van der Waals surface area contributed by atoms with E-state index in [9.17, 15) is 19.0 Å². The zero-order valence-corrected chi connectivity index (χ0v) is 10.0. The van der Waals surface area contributed by atoms with Crippen LogP contribution in [0.25, 0.3) is 0 Å². The molecule has 100 valence electrons. The number of likely N-dealkylation sites (tertiary alicyclic amines) is 1. The van der Waals surface area contributed by atoms with Crippen molar-refractivity contribution < 1.29 is 19.0 Å². The van der Waals surface area contributed by atoms with Crippen molar-refractivity contribution in [3.05, 3.63) is 35.4 Å². The third kappa shape index (κ3) is 3.04. The molecule has 0 saturated carbocycles. The Bertz CT molecular complexity index is 386. The monoisotopic (exact) mass is 257 g/mol. The van der Waals surface area contributed by atoms with Gasteiger partial charge in [-0.15, -0.1) is 0 Å². The van der Waals surface area contributed by atoms with Crippen LogP contribution in [0, 0.1) is 11.6 Å². The SMILES string of the molecule is OC1CCN(CC(O)c2c(F)cccc2F)CC1. The molecule has 2 N–H and O–H groups in total. The first-order valence-corrected chi connectivity index (χ1v) is 6.10. The van der Waals surface area contributed by atoms with Crippen molar-refractivity contribution in [1.29, 1.82) is 0 Å². The van der Waals surface area contributed by atoms with E-state index >= 15 is 0 Å². The smallest absolute Gasteiger partial charge is 0.131 e. The lowest BCUT2D eigenvalue weighted by Crippen LogP contribution is -2.38. The van der Waals surface area contributed by atoms with Crippen LogP contribution in [0.1, 0.15) is 24.5 Å². The molecule has 0 aromatic heterocycles. The summed E-state index contributed by atoms with van der Waals surface area (Å²) < 4.78 is 26.9. The lowest BCUT2D eigenvalue weighted by molar-refractivity contribution is 0.0486. The molecule has 1 unspecified atom stereocenters. The van der Waals surface area contributed by atoms with E-state index in [0.29, 0.717) is 25.9 Å². The fraction of sp³-hybridized carbons (Fsp3) is 0.538. The maximum absolute atomic E-state index is 13.5. The van der Waals surface area contributed by atoms with Crippen molar-refractivity contribution >= 4 is 0 Å². The molecular formula is C13H17F2NO2. The van der Waals surface area contributed by atoms with Crippen LogP contribution in [0.2, 0.25) is 0 Å². The second-order valence-electron chi connectivity index (χ2n) is 4.68. The number of piperidine rings is 1. The molecule has 1 saturated heterocycles. The van der Waals surface area contributed by atoms with Gasteiger partial charge in [0, 0.05) is 19.6 Å².